The molecular weight excluding hydrogens is 162 g/mol. The highest BCUT2D eigenvalue weighted by Crippen LogP contribution is 2.47. The molecule has 0 aromatic carbocycles. The lowest BCUT2D eigenvalue weighted by Gasteiger charge is -2.43. The van der Waals surface area contributed by atoms with Gasteiger partial charge in [0.05, 0.1) is 14.3 Å². The second-order valence-corrected chi connectivity index (χ2v) is 5.61. The number of hydrogen-bond acceptors (Lipinski definition) is 0. The monoisotopic (exact) mass is 186 g/mol. The van der Waals surface area contributed by atoms with Crippen LogP contribution in [0.3, 0.4) is 0 Å². The summed E-state index contributed by atoms with van der Waals surface area (Å²) in [6.45, 7) is 9.72. The van der Waals surface area contributed by atoms with Crippen LogP contribution in [0, 0.1) is 11.8 Å². The third-order valence-corrected chi connectivity index (χ3v) is 4.78. The molecule has 1 fully saturated rings. The molecule has 14 heavy (non-hydrogen) atoms. The fraction of sp³-hybridized carbons (Fsp3) is 1.00. The number of hydrogen-bond donors (Lipinski definition) is 0. The Morgan fingerprint density at radius 2 is 1.86 bits per heavy atom. The maximum Gasteiger partial charge on any atom is 0.0851 e. The average Bonchev–Trinajstić information content (AvgIpc) is 2.42. The fourth-order valence-electron chi connectivity index (χ4n) is 3.43. The summed E-state index contributed by atoms with van der Waals surface area (Å²) in [7, 11) is 7.39. The SMILES string of the molecule is CCC(C)C1(C(C)C)BBBBBC1. The first-order valence-corrected chi connectivity index (χ1v) is 6.63. The van der Waals surface area contributed by atoms with Crippen LogP contribution >= 0.6 is 0 Å². The van der Waals surface area contributed by atoms with Crippen LogP contribution in [-0.2, 0) is 0 Å². The Bertz CT molecular complexity index is 163. The average molecular weight is 185 g/mol. The zero-order valence-electron chi connectivity index (χ0n) is 10.6. The van der Waals surface area contributed by atoms with Gasteiger partial charge >= 0.3 is 0 Å². The second-order valence-electron chi connectivity index (χ2n) is 5.61. The van der Waals surface area contributed by atoms with E-state index in [2.05, 4.69) is 27.7 Å². The Kier molecular flexibility index (Phi) is 4.80. The molecule has 74 valence electrons. The van der Waals surface area contributed by atoms with Gasteiger partial charge in [0.25, 0.3) is 0 Å². The minimum Gasteiger partial charge on any atom is -0.0867 e. The van der Waals surface area contributed by atoms with Gasteiger partial charge in [0, 0.05) is 21.2 Å². The summed E-state index contributed by atoms with van der Waals surface area (Å²) in [5, 5.41) is 0.672. The van der Waals surface area contributed by atoms with Gasteiger partial charge in [-0.2, -0.15) is 0 Å². The number of rotatable bonds is 3. The molecule has 1 rings (SSSR count). The molecular formula is C9H23B5. The lowest BCUT2D eigenvalue weighted by Crippen LogP contribution is -2.36. The standard InChI is InChI=1S/C9H23B5/c1-5-8(4)9(7(2)3)6-10-12-14-13-11-9/h7-8,10-14H,5-6H2,1-4H3. The van der Waals surface area contributed by atoms with Crippen molar-refractivity contribution in [1.29, 1.82) is 0 Å². The Morgan fingerprint density at radius 3 is 2.43 bits per heavy atom. The van der Waals surface area contributed by atoms with Crippen LogP contribution < -0.4 is 0 Å². The van der Waals surface area contributed by atoms with Gasteiger partial charge in [0.1, 0.15) is 0 Å². The summed E-state index contributed by atoms with van der Waals surface area (Å²) in [4.78, 5) is 0. The molecule has 0 saturated carbocycles. The first-order valence-electron chi connectivity index (χ1n) is 6.63. The molecule has 0 nitrogen and oxygen atoms in total. The van der Waals surface area contributed by atoms with Crippen LogP contribution in [0.5, 0.6) is 0 Å². The van der Waals surface area contributed by atoms with Crippen molar-refractivity contribution in [3.05, 3.63) is 0 Å². The van der Waals surface area contributed by atoms with Gasteiger partial charge in [-0.15, -0.1) is 0 Å². The highest BCUT2D eigenvalue weighted by Gasteiger charge is 2.38. The predicted octanol–water partition coefficient (Wildman–Crippen LogP) is 0.122. The van der Waals surface area contributed by atoms with Crippen molar-refractivity contribution in [2.45, 2.75) is 45.8 Å². The zero-order valence-corrected chi connectivity index (χ0v) is 10.6. The summed E-state index contributed by atoms with van der Waals surface area (Å²) in [6, 6.07) is 0. The van der Waals surface area contributed by atoms with Crippen LogP contribution in [0.15, 0.2) is 0 Å². The molecule has 1 heterocycles. The van der Waals surface area contributed by atoms with Gasteiger partial charge in [-0.25, -0.2) is 0 Å². The maximum atomic E-state index is 2.48. The molecule has 1 aliphatic rings. The lowest BCUT2D eigenvalue weighted by atomic mass is 9.02. The van der Waals surface area contributed by atoms with Crippen molar-refractivity contribution in [3.8, 4) is 0 Å². The molecule has 0 aromatic rings. The van der Waals surface area contributed by atoms with Crippen LogP contribution in [-0.4, -0.2) is 35.5 Å². The largest absolute Gasteiger partial charge is 0.0867 e. The molecule has 0 spiro atoms. The van der Waals surface area contributed by atoms with Crippen LogP contribution in [0.2, 0.25) is 11.6 Å². The highest BCUT2D eigenvalue weighted by molar-refractivity contribution is 7.54. The van der Waals surface area contributed by atoms with Gasteiger partial charge in [-0.1, -0.05) is 45.8 Å². The van der Waals surface area contributed by atoms with Gasteiger partial charge < -0.3 is 0 Å². The van der Waals surface area contributed by atoms with Gasteiger partial charge in [-0.3, -0.25) is 0 Å². The molecule has 1 saturated heterocycles. The van der Waals surface area contributed by atoms with Crippen molar-refractivity contribution in [2.75, 3.05) is 0 Å². The molecule has 0 radical (unpaired) electrons. The van der Waals surface area contributed by atoms with Gasteiger partial charge in [0.2, 0.25) is 0 Å². The van der Waals surface area contributed by atoms with Crippen molar-refractivity contribution < 1.29 is 0 Å². The minimum absolute atomic E-state index is 0.672. The van der Waals surface area contributed by atoms with E-state index in [9.17, 15) is 0 Å². The minimum atomic E-state index is 0.672. The van der Waals surface area contributed by atoms with Gasteiger partial charge in [0.15, 0.2) is 0 Å². The maximum absolute atomic E-state index is 2.48. The third kappa shape index (κ3) is 2.46. The summed E-state index contributed by atoms with van der Waals surface area (Å²) in [5.41, 5.74) is 0. The van der Waals surface area contributed by atoms with Crippen molar-refractivity contribution in [3.63, 3.8) is 0 Å². The van der Waals surface area contributed by atoms with Crippen molar-refractivity contribution >= 4 is 35.5 Å². The van der Waals surface area contributed by atoms with E-state index in [0.717, 1.165) is 11.8 Å². The highest BCUT2D eigenvalue weighted by atomic mass is 14.3. The molecule has 0 bridgehead atoms. The zero-order chi connectivity index (χ0) is 10.6. The van der Waals surface area contributed by atoms with E-state index in [4.69, 9.17) is 0 Å². The predicted molar refractivity (Wildman–Crippen MR) is 77.5 cm³/mol. The topological polar surface area (TPSA) is 0 Å². The van der Waals surface area contributed by atoms with Crippen LogP contribution in [0.1, 0.15) is 34.1 Å². The summed E-state index contributed by atoms with van der Waals surface area (Å²) < 4.78 is 0. The Hall–Kier alpha value is 0.325. The Labute approximate surface area is 93.5 Å². The molecule has 0 amide bonds. The van der Waals surface area contributed by atoms with Gasteiger partial charge in [-0.05, 0) is 11.8 Å². The molecule has 0 N–H and O–H groups in total. The smallest absolute Gasteiger partial charge is 0.0851 e. The summed E-state index contributed by atoms with van der Waals surface area (Å²) >= 11 is 0. The molecule has 0 aromatic heterocycles. The van der Waals surface area contributed by atoms with Crippen molar-refractivity contribution in [2.24, 2.45) is 11.8 Å². The lowest BCUT2D eigenvalue weighted by molar-refractivity contribution is 0.310. The molecule has 2 unspecified atom stereocenters. The molecule has 5 heteroatoms. The van der Waals surface area contributed by atoms with E-state index < -0.39 is 0 Å². The normalized spacial score (nSPS) is 28.6. The molecule has 1 aliphatic heterocycles. The molecule has 2 atom stereocenters. The van der Waals surface area contributed by atoms with E-state index in [1.165, 1.54) is 48.3 Å². The van der Waals surface area contributed by atoms with E-state index in [1.54, 1.807) is 0 Å². The van der Waals surface area contributed by atoms with E-state index >= 15 is 0 Å². The van der Waals surface area contributed by atoms with Crippen LogP contribution in [0.25, 0.3) is 0 Å². The quantitative estimate of drug-likeness (QED) is 0.548. The first-order chi connectivity index (χ1) is 6.63. The van der Waals surface area contributed by atoms with E-state index in [1.807, 2.05) is 0 Å². The second kappa shape index (κ2) is 5.42. The van der Waals surface area contributed by atoms with E-state index in [-0.39, 0.29) is 0 Å². The van der Waals surface area contributed by atoms with Crippen LogP contribution in [0.4, 0.5) is 0 Å². The summed E-state index contributed by atoms with van der Waals surface area (Å²) in [6.07, 6.45) is 2.85. The third-order valence-electron chi connectivity index (χ3n) is 4.78. The van der Waals surface area contributed by atoms with E-state index in [0.29, 0.717) is 5.31 Å². The van der Waals surface area contributed by atoms with Crippen molar-refractivity contribution in [1.82, 2.24) is 0 Å². The first kappa shape index (κ1) is 12.4. The fourth-order valence-corrected chi connectivity index (χ4v) is 3.43. The summed E-state index contributed by atoms with van der Waals surface area (Å²) in [5.74, 6) is 1.79. The Balaban J connectivity index is 2.77. The molecule has 0 aliphatic carbocycles. The Morgan fingerprint density at radius 1 is 1.14 bits per heavy atom.